The molecule has 88 valence electrons. The van der Waals surface area contributed by atoms with Gasteiger partial charge in [-0.3, -0.25) is 0 Å². The summed E-state index contributed by atoms with van der Waals surface area (Å²) in [6, 6.07) is 7.17. The highest BCUT2D eigenvalue weighted by molar-refractivity contribution is 5.57. The molecule has 2 N–H and O–H groups in total. The lowest BCUT2D eigenvalue weighted by molar-refractivity contribution is -0.107. The van der Waals surface area contributed by atoms with E-state index in [-0.39, 0.29) is 0 Å². The van der Waals surface area contributed by atoms with Crippen LogP contribution in [-0.4, -0.2) is 29.0 Å². The smallest absolute Gasteiger partial charge is 0.126 e. The maximum absolute atomic E-state index is 10.3. The predicted molar refractivity (Wildman–Crippen MR) is 62.1 cm³/mol. The van der Waals surface area contributed by atoms with E-state index in [4.69, 9.17) is 0 Å². The third-order valence-electron chi connectivity index (χ3n) is 2.36. The zero-order valence-corrected chi connectivity index (χ0v) is 9.50. The van der Waals surface area contributed by atoms with Gasteiger partial charge in [-0.2, -0.15) is 0 Å². The summed E-state index contributed by atoms with van der Waals surface area (Å²) in [7, 11) is 0. The summed E-state index contributed by atoms with van der Waals surface area (Å²) in [5, 5.41) is 19.0. The Hall–Kier alpha value is -1.39. The summed E-state index contributed by atoms with van der Waals surface area (Å²) in [6.07, 6.45) is -0.312. The molecule has 0 heterocycles. The fourth-order valence-corrected chi connectivity index (χ4v) is 1.64. The van der Waals surface area contributed by atoms with Crippen LogP contribution in [0.3, 0.4) is 0 Å². The molecular weight excluding hydrogens is 206 g/mol. The number of nitrogens with zero attached hydrogens (tertiary/aromatic N) is 1. The number of aliphatic hydroxyl groups excluding tert-OH is 2. The monoisotopic (exact) mass is 223 g/mol. The van der Waals surface area contributed by atoms with E-state index in [1.807, 2.05) is 12.1 Å². The maximum Gasteiger partial charge on any atom is 0.126 e. The zero-order chi connectivity index (χ0) is 12.1. The number of rotatable bonds is 5. The molecule has 0 fully saturated rings. The molecule has 0 aliphatic rings. The van der Waals surface area contributed by atoms with Crippen LogP contribution in [0.2, 0.25) is 0 Å². The van der Waals surface area contributed by atoms with Crippen molar-refractivity contribution in [3.63, 3.8) is 0 Å². The first-order valence-corrected chi connectivity index (χ1v) is 5.23. The van der Waals surface area contributed by atoms with Gasteiger partial charge in [0.25, 0.3) is 0 Å². The number of carbonyl (C=O) groups is 1. The summed E-state index contributed by atoms with van der Waals surface area (Å²) in [4.78, 5) is 11.8. The van der Waals surface area contributed by atoms with E-state index >= 15 is 0 Å². The van der Waals surface area contributed by atoms with Crippen molar-refractivity contribution in [2.24, 2.45) is 0 Å². The lowest BCUT2D eigenvalue weighted by Gasteiger charge is -2.30. The topological polar surface area (TPSA) is 60.8 Å². The fraction of sp³-hybridized carbons (Fsp3) is 0.417. The molecule has 1 aromatic carbocycles. The molecule has 0 aliphatic heterocycles. The summed E-state index contributed by atoms with van der Waals surface area (Å²) in [6.45, 7) is 3.18. The Morgan fingerprint density at radius 2 is 1.69 bits per heavy atom. The van der Waals surface area contributed by atoms with Crippen LogP contribution < -0.4 is 4.90 Å². The van der Waals surface area contributed by atoms with Gasteiger partial charge in [-0.05, 0) is 31.5 Å². The predicted octanol–water partition coefficient (Wildman–Crippen LogP) is 0.911. The average Bonchev–Trinajstić information content (AvgIpc) is 2.20. The molecule has 2 unspecified atom stereocenters. The van der Waals surface area contributed by atoms with E-state index in [1.165, 1.54) is 4.90 Å². The van der Waals surface area contributed by atoms with Crippen LogP contribution >= 0.6 is 0 Å². The Labute approximate surface area is 95.1 Å². The molecule has 4 nitrogen and oxygen atoms in total. The minimum absolute atomic E-state index is 0.379. The van der Waals surface area contributed by atoms with Gasteiger partial charge in [0.1, 0.15) is 18.7 Å². The molecule has 1 rings (SSSR count). The quantitative estimate of drug-likeness (QED) is 0.575. The average molecular weight is 223 g/mol. The molecule has 0 spiro atoms. The number of carbonyl (C=O) groups excluding carboxylic acids is 1. The SMILES string of the molecule is CC(O)N(c1ccc(CC=O)cc1)C(C)O. The van der Waals surface area contributed by atoms with Crippen LogP contribution in [-0.2, 0) is 11.2 Å². The lowest BCUT2D eigenvalue weighted by atomic mass is 10.1. The van der Waals surface area contributed by atoms with E-state index < -0.39 is 12.5 Å². The van der Waals surface area contributed by atoms with Gasteiger partial charge in [0.15, 0.2) is 0 Å². The van der Waals surface area contributed by atoms with Crippen LogP contribution in [0.25, 0.3) is 0 Å². The van der Waals surface area contributed by atoms with Crippen LogP contribution in [0.1, 0.15) is 19.4 Å². The van der Waals surface area contributed by atoms with Gasteiger partial charge in [0, 0.05) is 12.1 Å². The van der Waals surface area contributed by atoms with E-state index in [9.17, 15) is 15.0 Å². The van der Waals surface area contributed by atoms with Crippen molar-refractivity contribution < 1.29 is 15.0 Å². The van der Waals surface area contributed by atoms with Gasteiger partial charge < -0.3 is 19.9 Å². The van der Waals surface area contributed by atoms with Crippen LogP contribution in [0.15, 0.2) is 24.3 Å². The van der Waals surface area contributed by atoms with Gasteiger partial charge in [-0.15, -0.1) is 0 Å². The Kier molecular flexibility index (Phi) is 4.46. The molecule has 0 amide bonds. The molecule has 0 radical (unpaired) electrons. The van der Waals surface area contributed by atoms with Crippen molar-refractivity contribution in [3.8, 4) is 0 Å². The van der Waals surface area contributed by atoms with Crippen molar-refractivity contribution in [2.75, 3.05) is 4.90 Å². The fourth-order valence-electron chi connectivity index (χ4n) is 1.64. The lowest BCUT2D eigenvalue weighted by Crippen LogP contribution is -2.40. The summed E-state index contributed by atoms with van der Waals surface area (Å²) < 4.78 is 0. The number of benzene rings is 1. The minimum Gasteiger partial charge on any atom is -0.374 e. The first kappa shape index (κ1) is 12.7. The normalized spacial score (nSPS) is 14.2. The van der Waals surface area contributed by atoms with Gasteiger partial charge >= 0.3 is 0 Å². The summed E-state index contributed by atoms with van der Waals surface area (Å²) >= 11 is 0. The molecule has 0 saturated heterocycles. The second kappa shape index (κ2) is 5.63. The number of hydrogen-bond acceptors (Lipinski definition) is 4. The number of hydrogen-bond donors (Lipinski definition) is 2. The highest BCUT2D eigenvalue weighted by atomic mass is 16.3. The molecular formula is C12H17NO3. The van der Waals surface area contributed by atoms with E-state index in [0.717, 1.165) is 17.5 Å². The molecule has 0 saturated carbocycles. The third-order valence-corrected chi connectivity index (χ3v) is 2.36. The van der Waals surface area contributed by atoms with Crippen molar-refractivity contribution >= 4 is 12.0 Å². The Morgan fingerprint density at radius 3 is 2.06 bits per heavy atom. The standard InChI is InChI=1S/C12H17NO3/c1-9(15)13(10(2)16)12-5-3-11(4-6-12)7-8-14/h3-6,8-10,15-16H,7H2,1-2H3. The van der Waals surface area contributed by atoms with Crippen molar-refractivity contribution in [1.82, 2.24) is 0 Å². The summed E-state index contributed by atoms with van der Waals surface area (Å²) in [5.74, 6) is 0. The largest absolute Gasteiger partial charge is 0.374 e. The number of aliphatic hydroxyl groups is 2. The third kappa shape index (κ3) is 3.05. The van der Waals surface area contributed by atoms with Gasteiger partial charge in [-0.1, -0.05) is 12.1 Å². The minimum atomic E-state index is -0.767. The van der Waals surface area contributed by atoms with E-state index in [2.05, 4.69) is 0 Å². The molecule has 4 heteroatoms. The van der Waals surface area contributed by atoms with Crippen LogP contribution in [0.4, 0.5) is 5.69 Å². The second-order valence-electron chi connectivity index (χ2n) is 3.71. The first-order valence-electron chi connectivity index (χ1n) is 5.23. The number of anilines is 1. The molecule has 0 bridgehead atoms. The van der Waals surface area contributed by atoms with E-state index in [0.29, 0.717) is 6.42 Å². The molecule has 2 atom stereocenters. The van der Waals surface area contributed by atoms with Crippen LogP contribution in [0.5, 0.6) is 0 Å². The summed E-state index contributed by atoms with van der Waals surface area (Å²) in [5.41, 5.74) is 1.63. The highest BCUT2D eigenvalue weighted by Crippen LogP contribution is 2.19. The number of aldehydes is 1. The second-order valence-corrected chi connectivity index (χ2v) is 3.71. The first-order chi connectivity index (χ1) is 7.56. The Balaban J connectivity index is 2.89. The Bertz CT molecular complexity index is 325. The van der Waals surface area contributed by atoms with Gasteiger partial charge in [0.05, 0.1) is 0 Å². The maximum atomic E-state index is 10.3. The molecule has 16 heavy (non-hydrogen) atoms. The van der Waals surface area contributed by atoms with Gasteiger partial charge in [-0.25, -0.2) is 0 Å². The molecule has 1 aromatic rings. The Morgan fingerprint density at radius 1 is 1.19 bits per heavy atom. The van der Waals surface area contributed by atoms with Crippen molar-refractivity contribution in [3.05, 3.63) is 29.8 Å². The van der Waals surface area contributed by atoms with Gasteiger partial charge in [0.2, 0.25) is 0 Å². The molecule has 0 aliphatic carbocycles. The zero-order valence-electron chi connectivity index (χ0n) is 9.50. The van der Waals surface area contributed by atoms with E-state index in [1.54, 1.807) is 26.0 Å². The molecule has 0 aromatic heterocycles. The van der Waals surface area contributed by atoms with Crippen LogP contribution in [0, 0.1) is 0 Å². The van der Waals surface area contributed by atoms with Crippen molar-refractivity contribution in [1.29, 1.82) is 0 Å². The van der Waals surface area contributed by atoms with Crippen molar-refractivity contribution in [2.45, 2.75) is 32.7 Å². The highest BCUT2D eigenvalue weighted by Gasteiger charge is 2.16.